The molecule has 1 aromatic carbocycles. The van der Waals surface area contributed by atoms with Gasteiger partial charge in [-0.05, 0) is 38.8 Å². The molecule has 1 fully saturated rings. The molecule has 0 bridgehead atoms. The molecular formula is C13H18N. The van der Waals surface area contributed by atoms with E-state index in [9.17, 15) is 0 Å². The van der Waals surface area contributed by atoms with Crippen LogP contribution in [0.15, 0.2) is 30.3 Å². The lowest BCUT2D eigenvalue weighted by atomic mass is 9.93. The van der Waals surface area contributed by atoms with E-state index in [0.717, 1.165) is 6.54 Å². The third-order valence-corrected chi connectivity index (χ3v) is 3.22. The summed E-state index contributed by atoms with van der Waals surface area (Å²) in [5.41, 5.74) is 1.59. The number of likely N-dealkylation sites (tertiary alicyclic amines) is 1. The van der Waals surface area contributed by atoms with E-state index < -0.39 is 0 Å². The standard InChI is InChI=1S/C13H18N/c1-13(2,14-10-6-7-11-14)12-8-4-3-5-9-12/h3-6,8-9H,7,10-11H2,1-2H3. The van der Waals surface area contributed by atoms with Crippen molar-refractivity contribution in [3.8, 4) is 0 Å². The molecule has 0 aliphatic carbocycles. The molecule has 1 aromatic rings. The first-order chi connectivity index (χ1) is 6.71. The van der Waals surface area contributed by atoms with Crippen molar-refractivity contribution in [1.82, 2.24) is 4.90 Å². The molecular weight excluding hydrogens is 170 g/mol. The smallest absolute Gasteiger partial charge is 0.0404 e. The molecule has 0 N–H and O–H groups in total. The minimum atomic E-state index is 0.175. The lowest BCUT2D eigenvalue weighted by molar-refractivity contribution is 0.159. The van der Waals surface area contributed by atoms with E-state index in [0.29, 0.717) is 0 Å². The maximum atomic E-state index is 2.53. The van der Waals surface area contributed by atoms with Crippen LogP contribution in [-0.2, 0) is 5.54 Å². The van der Waals surface area contributed by atoms with E-state index in [1.165, 1.54) is 18.5 Å². The average Bonchev–Trinajstić information content (AvgIpc) is 2.72. The van der Waals surface area contributed by atoms with Crippen molar-refractivity contribution in [2.45, 2.75) is 25.8 Å². The molecule has 2 rings (SSSR count). The lowest BCUT2D eigenvalue weighted by Crippen LogP contribution is -2.39. The molecule has 0 atom stereocenters. The van der Waals surface area contributed by atoms with Crippen LogP contribution in [0.5, 0.6) is 0 Å². The molecule has 75 valence electrons. The second kappa shape index (κ2) is 3.74. The van der Waals surface area contributed by atoms with Gasteiger partial charge in [-0.2, -0.15) is 0 Å². The Labute approximate surface area is 86.7 Å². The van der Waals surface area contributed by atoms with Crippen LogP contribution in [-0.4, -0.2) is 18.0 Å². The summed E-state index contributed by atoms with van der Waals surface area (Å²) >= 11 is 0. The van der Waals surface area contributed by atoms with Crippen LogP contribution < -0.4 is 0 Å². The van der Waals surface area contributed by atoms with Crippen molar-refractivity contribution in [3.63, 3.8) is 0 Å². The third kappa shape index (κ3) is 1.69. The summed E-state index contributed by atoms with van der Waals surface area (Å²) in [6, 6.07) is 10.8. The first-order valence-corrected chi connectivity index (χ1v) is 5.33. The van der Waals surface area contributed by atoms with Crippen molar-refractivity contribution < 1.29 is 0 Å². The molecule has 1 aliphatic heterocycles. The van der Waals surface area contributed by atoms with Gasteiger partial charge >= 0.3 is 0 Å². The second-order valence-electron chi connectivity index (χ2n) is 4.45. The fourth-order valence-electron chi connectivity index (χ4n) is 2.12. The Kier molecular flexibility index (Phi) is 2.60. The van der Waals surface area contributed by atoms with Crippen molar-refractivity contribution in [3.05, 3.63) is 42.3 Å². The summed E-state index contributed by atoms with van der Waals surface area (Å²) in [5, 5.41) is 0. The second-order valence-corrected chi connectivity index (χ2v) is 4.45. The third-order valence-electron chi connectivity index (χ3n) is 3.22. The fraction of sp³-hybridized carbons (Fsp3) is 0.462. The molecule has 0 aromatic heterocycles. The van der Waals surface area contributed by atoms with Crippen LogP contribution in [0.3, 0.4) is 0 Å². The van der Waals surface area contributed by atoms with Gasteiger partial charge in [0, 0.05) is 12.1 Å². The molecule has 1 heteroatoms. The predicted octanol–water partition coefficient (Wildman–Crippen LogP) is 2.83. The molecule has 14 heavy (non-hydrogen) atoms. The van der Waals surface area contributed by atoms with E-state index in [2.05, 4.69) is 55.5 Å². The highest BCUT2D eigenvalue weighted by Gasteiger charge is 2.30. The normalized spacial score (nSPS) is 18.7. The largest absolute Gasteiger partial charge is 0.294 e. The molecule has 0 amide bonds. The van der Waals surface area contributed by atoms with Gasteiger partial charge in [0.25, 0.3) is 0 Å². The van der Waals surface area contributed by atoms with Gasteiger partial charge in [0.15, 0.2) is 0 Å². The number of nitrogens with zero attached hydrogens (tertiary/aromatic N) is 1. The highest BCUT2D eigenvalue weighted by molar-refractivity contribution is 5.23. The van der Waals surface area contributed by atoms with Gasteiger partial charge in [-0.15, -0.1) is 0 Å². The first-order valence-electron chi connectivity index (χ1n) is 5.33. The van der Waals surface area contributed by atoms with Gasteiger partial charge in [0.1, 0.15) is 0 Å². The highest BCUT2D eigenvalue weighted by Crippen LogP contribution is 2.30. The van der Waals surface area contributed by atoms with Crippen LogP contribution in [0.1, 0.15) is 25.8 Å². The molecule has 0 unspecified atom stereocenters. The fourth-order valence-corrected chi connectivity index (χ4v) is 2.12. The first kappa shape index (κ1) is 9.72. The van der Waals surface area contributed by atoms with Crippen molar-refractivity contribution in [2.75, 3.05) is 13.1 Å². The topological polar surface area (TPSA) is 3.24 Å². The highest BCUT2D eigenvalue weighted by atomic mass is 15.2. The molecule has 1 radical (unpaired) electrons. The Bertz CT molecular complexity index is 283. The zero-order valence-electron chi connectivity index (χ0n) is 9.03. The Balaban J connectivity index is 2.22. The van der Waals surface area contributed by atoms with E-state index in [4.69, 9.17) is 0 Å². The van der Waals surface area contributed by atoms with Crippen molar-refractivity contribution in [2.24, 2.45) is 0 Å². The van der Waals surface area contributed by atoms with Crippen molar-refractivity contribution >= 4 is 0 Å². The SMILES string of the molecule is CC(C)(c1ccccc1)N1C[CH]CC1. The van der Waals surface area contributed by atoms with Gasteiger partial charge in [0.05, 0.1) is 0 Å². The Morgan fingerprint density at radius 1 is 1.14 bits per heavy atom. The summed E-state index contributed by atoms with van der Waals surface area (Å²) in [5.74, 6) is 0. The quantitative estimate of drug-likeness (QED) is 0.690. The number of benzene rings is 1. The van der Waals surface area contributed by atoms with Crippen LogP contribution in [0.2, 0.25) is 0 Å². The number of hydrogen-bond donors (Lipinski definition) is 0. The summed E-state index contributed by atoms with van der Waals surface area (Å²) in [6.45, 7) is 6.94. The number of hydrogen-bond acceptors (Lipinski definition) is 1. The van der Waals surface area contributed by atoms with Crippen LogP contribution >= 0.6 is 0 Å². The van der Waals surface area contributed by atoms with Gasteiger partial charge in [-0.1, -0.05) is 30.3 Å². The van der Waals surface area contributed by atoms with Crippen LogP contribution in [0.4, 0.5) is 0 Å². The summed E-state index contributed by atoms with van der Waals surface area (Å²) in [7, 11) is 0. The molecule has 1 aliphatic rings. The van der Waals surface area contributed by atoms with Gasteiger partial charge in [-0.3, -0.25) is 4.90 Å². The zero-order valence-corrected chi connectivity index (χ0v) is 9.03. The average molecular weight is 188 g/mol. The summed E-state index contributed by atoms with van der Waals surface area (Å²) < 4.78 is 0. The van der Waals surface area contributed by atoms with Gasteiger partial charge < -0.3 is 0 Å². The Hall–Kier alpha value is -0.820. The monoisotopic (exact) mass is 188 g/mol. The maximum Gasteiger partial charge on any atom is 0.0404 e. The molecule has 0 saturated carbocycles. The van der Waals surface area contributed by atoms with E-state index in [-0.39, 0.29) is 5.54 Å². The minimum Gasteiger partial charge on any atom is -0.294 e. The molecule has 1 saturated heterocycles. The summed E-state index contributed by atoms with van der Waals surface area (Å²) in [6.07, 6.45) is 3.60. The number of rotatable bonds is 2. The van der Waals surface area contributed by atoms with Gasteiger partial charge in [0.2, 0.25) is 0 Å². The molecule has 1 nitrogen and oxygen atoms in total. The van der Waals surface area contributed by atoms with Crippen LogP contribution in [0, 0.1) is 6.42 Å². The predicted molar refractivity (Wildman–Crippen MR) is 60.0 cm³/mol. The minimum absolute atomic E-state index is 0.175. The van der Waals surface area contributed by atoms with Crippen LogP contribution in [0.25, 0.3) is 0 Å². The zero-order chi connectivity index (χ0) is 10.0. The van der Waals surface area contributed by atoms with E-state index in [1.54, 1.807) is 0 Å². The van der Waals surface area contributed by atoms with E-state index in [1.807, 2.05) is 0 Å². The molecule has 1 heterocycles. The molecule has 0 spiro atoms. The Morgan fingerprint density at radius 2 is 1.86 bits per heavy atom. The maximum absolute atomic E-state index is 2.53. The summed E-state index contributed by atoms with van der Waals surface area (Å²) in [4.78, 5) is 2.53. The van der Waals surface area contributed by atoms with Crippen molar-refractivity contribution in [1.29, 1.82) is 0 Å². The Morgan fingerprint density at radius 3 is 2.43 bits per heavy atom. The van der Waals surface area contributed by atoms with Gasteiger partial charge in [-0.25, -0.2) is 0 Å². The lowest BCUT2D eigenvalue weighted by Gasteiger charge is -2.35. The van der Waals surface area contributed by atoms with E-state index >= 15 is 0 Å².